The Labute approximate surface area is 130 Å². The van der Waals surface area contributed by atoms with Crippen LogP contribution < -0.4 is 5.56 Å². The van der Waals surface area contributed by atoms with Crippen molar-refractivity contribution in [1.82, 2.24) is 9.97 Å². The number of hydrogen-bond donors (Lipinski definition) is 1. The quantitative estimate of drug-likeness (QED) is 0.666. The lowest BCUT2D eigenvalue weighted by Crippen LogP contribution is -2.10. The molecule has 1 aromatic carbocycles. The van der Waals surface area contributed by atoms with E-state index in [4.69, 9.17) is 0 Å². The predicted molar refractivity (Wildman–Crippen MR) is 79.9 cm³/mol. The summed E-state index contributed by atoms with van der Waals surface area (Å²) in [7, 11) is 0. The van der Waals surface area contributed by atoms with Crippen LogP contribution in [0.1, 0.15) is 30.2 Å². The van der Waals surface area contributed by atoms with Gasteiger partial charge in [0.15, 0.2) is 5.16 Å². The average Bonchev–Trinajstić information content (AvgIpc) is 2.44. The van der Waals surface area contributed by atoms with E-state index in [1.165, 1.54) is 30.0 Å². The molecule has 0 aliphatic carbocycles. The second-order valence-electron chi connectivity index (χ2n) is 4.78. The van der Waals surface area contributed by atoms with Crippen LogP contribution in [0.4, 0.5) is 13.2 Å². The van der Waals surface area contributed by atoms with Gasteiger partial charge in [0.05, 0.1) is 5.56 Å². The van der Waals surface area contributed by atoms with Crippen LogP contribution in [0.3, 0.4) is 0 Å². The van der Waals surface area contributed by atoms with Crippen molar-refractivity contribution in [3.8, 4) is 0 Å². The molecular formula is C15H15F3N2OS. The Morgan fingerprint density at radius 3 is 2.50 bits per heavy atom. The van der Waals surface area contributed by atoms with Crippen LogP contribution in [-0.2, 0) is 18.3 Å². The highest BCUT2D eigenvalue weighted by Gasteiger charge is 2.29. The van der Waals surface area contributed by atoms with Crippen LogP contribution in [0, 0.1) is 0 Å². The Bertz CT molecular complexity index is 680. The molecule has 3 nitrogen and oxygen atoms in total. The molecular weight excluding hydrogens is 313 g/mol. The van der Waals surface area contributed by atoms with Gasteiger partial charge in [-0.1, -0.05) is 37.2 Å². The Kier molecular flexibility index (Phi) is 5.28. The number of aromatic amines is 1. The third-order valence-corrected chi connectivity index (χ3v) is 3.88. The maximum Gasteiger partial charge on any atom is 0.416 e. The second kappa shape index (κ2) is 7.00. The minimum atomic E-state index is -4.33. The second-order valence-corrected chi connectivity index (χ2v) is 5.74. The van der Waals surface area contributed by atoms with E-state index in [-0.39, 0.29) is 5.56 Å². The van der Waals surface area contributed by atoms with Gasteiger partial charge in [-0.3, -0.25) is 4.79 Å². The van der Waals surface area contributed by atoms with Gasteiger partial charge in [-0.15, -0.1) is 0 Å². The van der Waals surface area contributed by atoms with Gasteiger partial charge in [0.1, 0.15) is 0 Å². The first-order valence-corrected chi connectivity index (χ1v) is 7.76. The molecule has 22 heavy (non-hydrogen) atoms. The highest BCUT2D eigenvalue weighted by molar-refractivity contribution is 7.98. The van der Waals surface area contributed by atoms with Gasteiger partial charge in [-0.25, -0.2) is 4.98 Å². The van der Waals surface area contributed by atoms with Crippen molar-refractivity contribution < 1.29 is 13.2 Å². The molecule has 0 fully saturated rings. The summed E-state index contributed by atoms with van der Waals surface area (Å²) in [6, 6.07) is 6.44. The largest absolute Gasteiger partial charge is 0.416 e. The lowest BCUT2D eigenvalue weighted by atomic mass is 10.1. The third kappa shape index (κ3) is 4.62. The summed E-state index contributed by atoms with van der Waals surface area (Å²) in [4.78, 5) is 18.5. The molecule has 118 valence electrons. The molecule has 0 bridgehead atoms. The first-order chi connectivity index (χ1) is 10.4. The fourth-order valence-corrected chi connectivity index (χ4v) is 2.73. The van der Waals surface area contributed by atoms with E-state index in [1.807, 2.05) is 6.92 Å². The van der Waals surface area contributed by atoms with Crippen LogP contribution in [0.5, 0.6) is 0 Å². The lowest BCUT2D eigenvalue weighted by molar-refractivity contribution is -0.137. The van der Waals surface area contributed by atoms with Crippen molar-refractivity contribution >= 4 is 11.8 Å². The normalized spacial score (nSPS) is 11.6. The highest BCUT2D eigenvalue weighted by Crippen LogP contribution is 2.29. The van der Waals surface area contributed by atoms with Gasteiger partial charge in [0, 0.05) is 17.5 Å². The minimum absolute atomic E-state index is 0.214. The number of alkyl halides is 3. The monoisotopic (exact) mass is 328 g/mol. The Morgan fingerprint density at radius 1 is 1.23 bits per heavy atom. The number of nitrogens with one attached hydrogen (secondary N) is 1. The SMILES string of the molecule is CCCc1cc(=O)[nH]c(SCc2ccc(C(F)(F)F)cc2)n1. The van der Waals surface area contributed by atoms with Crippen molar-refractivity contribution in [2.45, 2.75) is 36.9 Å². The molecule has 1 N–H and O–H groups in total. The highest BCUT2D eigenvalue weighted by atomic mass is 32.2. The Morgan fingerprint density at radius 2 is 1.91 bits per heavy atom. The van der Waals surface area contributed by atoms with Crippen LogP contribution in [0.2, 0.25) is 0 Å². The molecule has 0 radical (unpaired) electrons. The molecule has 0 aliphatic rings. The lowest BCUT2D eigenvalue weighted by Gasteiger charge is -2.07. The molecule has 2 aromatic rings. The topological polar surface area (TPSA) is 45.8 Å². The predicted octanol–water partition coefficient (Wildman–Crippen LogP) is 4.03. The van der Waals surface area contributed by atoms with Crippen LogP contribution in [0.25, 0.3) is 0 Å². The summed E-state index contributed by atoms with van der Waals surface area (Å²) in [6.45, 7) is 2.00. The molecule has 7 heteroatoms. The smallest absolute Gasteiger partial charge is 0.301 e. The molecule has 1 aromatic heterocycles. The first-order valence-electron chi connectivity index (χ1n) is 6.77. The molecule has 0 atom stereocenters. The number of thioether (sulfide) groups is 1. The van der Waals surface area contributed by atoms with E-state index >= 15 is 0 Å². The number of rotatable bonds is 5. The fraction of sp³-hybridized carbons (Fsp3) is 0.333. The van der Waals surface area contributed by atoms with Crippen LogP contribution in [0.15, 0.2) is 40.3 Å². The number of hydrogen-bond acceptors (Lipinski definition) is 3. The molecule has 0 aliphatic heterocycles. The van der Waals surface area contributed by atoms with Gasteiger partial charge in [0.2, 0.25) is 0 Å². The number of halogens is 3. The van der Waals surface area contributed by atoms with Crippen LogP contribution >= 0.6 is 11.8 Å². The zero-order valence-corrected chi connectivity index (χ0v) is 12.7. The number of nitrogens with zero attached hydrogens (tertiary/aromatic N) is 1. The van der Waals surface area contributed by atoms with Gasteiger partial charge in [0.25, 0.3) is 5.56 Å². The standard InChI is InChI=1S/C15H15F3N2OS/c1-2-3-12-8-13(21)20-14(19-12)22-9-10-4-6-11(7-5-10)15(16,17)18/h4-8H,2-3,9H2,1H3,(H,19,20,21). The first kappa shape index (κ1) is 16.6. The fourth-order valence-electron chi connectivity index (χ4n) is 1.88. The van der Waals surface area contributed by atoms with E-state index in [1.54, 1.807) is 0 Å². The van der Waals surface area contributed by atoms with Gasteiger partial charge in [-0.2, -0.15) is 13.2 Å². The summed E-state index contributed by atoms with van der Waals surface area (Å²) in [5, 5.41) is 0.482. The van der Waals surface area contributed by atoms with E-state index in [0.29, 0.717) is 10.9 Å². The summed E-state index contributed by atoms with van der Waals surface area (Å²) in [5.74, 6) is 0.441. The van der Waals surface area contributed by atoms with Gasteiger partial charge in [-0.05, 0) is 24.1 Å². The van der Waals surface area contributed by atoms with E-state index < -0.39 is 11.7 Å². The Balaban J connectivity index is 2.05. The molecule has 0 amide bonds. The molecule has 0 unspecified atom stereocenters. The molecule has 1 heterocycles. The third-order valence-electron chi connectivity index (χ3n) is 2.94. The van der Waals surface area contributed by atoms with E-state index in [2.05, 4.69) is 9.97 Å². The average molecular weight is 328 g/mol. The minimum Gasteiger partial charge on any atom is -0.301 e. The summed E-state index contributed by atoms with van der Waals surface area (Å²) < 4.78 is 37.4. The maximum absolute atomic E-state index is 12.5. The van der Waals surface area contributed by atoms with Gasteiger partial charge >= 0.3 is 6.18 Å². The van der Waals surface area contributed by atoms with Crippen molar-refractivity contribution in [2.24, 2.45) is 0 Å². The number of H-pyrrole nitrogens is 1. The molecule has 2 rings (SSSR count). The number of aryl methyl sites for hydroxylation is 1. The zero-order valence-electron chi connectivity index (χ0n) is 11.9. The molecule has 0 saturated heterocycles. The maximum atomic E-state index is 12.5. The summed E-state index contributed by atoms with van der Waals surface area (Å²) in [6.07, 6.45) is -2.72. The Hall–Kier alpha value is -1.76. The molecule has 0 spiro atoms. The molecule has 0 saturated carbocycles. The summed E-state index contributed by atoms with van der Waals surface area (Å²) in [5.41, 5.74) is 0.578. The summed E-state index contributed by atoms with van der Waals surface area (Å²) >= 11 is 1.29. The van der Waals surface area contributed by atoms with Crippen LogP contribution in [-0.4, -0.2) is 9.97 Å². The van der Waals surface area contributed by atoms with E-state index in [0.717, 1.165) is 36.2 Å². The van der Waals surface area contributed by atoms with Crippen molar-refractivity contribution in [3.05, 3.63) is 57.5 Å². The number of benzene rings is 1. The van der Waals surface area contributed by atoms with Crippen molar-refractivity contribution in [3.63, 3.8) is 0 Å². The van der Waals surface area contributed by atoms with Gasteiger partial charge < -0.3 is 4.98 Å². The van der Waals surface area contributed by atoms with Crippen molar-refractivity contribution in [2.75, 3.05) is 0 Å². The van der Waals surface area contributed by atoms with Crippen molar-refractivity contribution in [1.29, 1.82) is 0 Å². The zero-order chi connectivity index (χ0) is 16.2. The number of aromatic nitrogens is 2. The van der Waals surface area contributed by atoms with E-state index in [9.17, 15) is 18.0 Å².